The minimum Gasteiger partial charge on any atom is -0.356 e. The van der Waals surface area contributed by atoms with Gasteiger partial charge >= 0.3 is 5.69 Å². The lowest BCUT2D eigenvalue weighted by Crippen LogP contribution is -2.37. The van der Waals surface area contributed by atoms with Crippen molar-refractivity contribution in [2.24, 2.45) is 0 Å². The number of hydrogen-bond acceptors (Lipinski definition) is 5. The number of likely N-dealkylation sites (N-methyl/N-ethyl adjacent to an activating group) is 1. The number of piperidine rings is 1. The van der Waals surface area contributed by atoms with E-state index < -0.39 is 11.5 Å². The fourth-order valence-electron chi connectivity index (χ4n) is 5.83. The van der Waals surface area contributed by atoms with Crippen molar-refractivity contribution in [1.29, 1.82) is 0 Å². The fourth-order valence-corrected chi connectivity index (χ4v) is 6.11. The molecule has 4 heterocycles. The van der Waals surface area contributed by atoms with Crippen LogP contribution in [0.2, 0.25) is 5.02 Å². The summed E-state index contributed by atoms with van der Waals surface area (Å²) in [6.45, 7) is 2.98. The van der Waals surface area contributed by atoms with Crippen molar-refractivity contribution in [2.75, 3.05) is 31.6 Å². The molecule has 0 amide bonds. The van der Waals surface area contributed by atoms with Crippen LogP contribution in [0.25, 0.3) is 32.9 Å². The van der Waals surface area contributed by atoms with Crippen LogP contribution < -0.4 is 10.6 Å². The summed E-state index contributed by atoms with van der Waals surface area (Å²) < 4.78 is 18.2. The second kappa shape index (κ2) is 9.45. The van der Waals surface area contributed by atoms with E-state index in [1.165, 1.54) is 4.57 Å². The van der Waals surface area contributed by atoms with Gasteiger partial charge in [0.2, 0.25) is 0 Å². The molecule has 2 aromatic heterocycles. The summed E-state index contributed by atoms with van der Waals surface area (Å²) in [7, 11) is 2.06. The van der Waals surface area contributed by atoms with Crippen LogP contribution in [0, 0.1) is 5.82 Å². The lowest BCUT2D eigenvalue weighted by molar-refractivity contribution is 0.281. The first-order valence-electron chi connectivity index (χ1n) is 12.7. The van der Waals surface area contributed by atoms with Gasteiger partial charge in [0.15, 0.2) is 5.82 Å². The Balaban J connectivity index is 1.61. The van der Waals surface area contributed by atoms with Gasteiger partial charge in [0.25, 0.3) is 0 Å². The monoisotopic (exact) mass is 505 g/mol. The van der Waals surface area contributed by atoms with Gasteiger partial charge in [0.05, 0.1) is 10.9 Å². The normalized spacial score (nSPS) is 19.0. The molecule has 0 N–H and O–H groups in total. The maximum atomic E-state index is 16.6. The number of anilines is 1. The Labute approximate surface area is 214 Å². The summed E-state index contributed by atoms with van der Waals surface area (Å²) in [6.07, 6.45) is 6.93. The quantitative estimate of drug-likeness (QED) is 0.367. The molecular weight excluding hydrogens is 477 g/mol. The van der Waals surface area contributed by atoms with Crippen molar-refractivity contribution in [1.82, 2.24) is 19.4 Å². The third kappa shape index (κ3) is 3.95. The smallest absolute Gasteiger partial charge is 0.350 e. The average Bonchev–Trinajstić information content (AvgIpc) is 3.30. The number of aromatic nitrogens is 3. The molecule has 0 radical (unpaired) electrons. The number of benzene rings is 2. The van der Waals surface area contributed by atoms with Gasteiger partial charge in [-0.2, -0.15) is 4.98 Å². The molecule has 2 fully saturated rings. The lowest BCUT2D eigenvalue weighted by Gasteiger charge is -2.29. The van der Waals surface area contributed by atoms with E-state index in [2.05, 4.69) is 26.8 Å². The van der Waals surface area contributed by atoms with Crippen LogP contribution >= 0.6 is 11.6 Å². The Bertz CT molecular complexity index is 1510. The molecule has 1 atom stereocenters. The van der Waals surface area contributed by atoms with E-state index in [1.807, 2.05) is 30.3 Å². The lowest BCUT2D eigenvalue weighted by atomic mass is 10.0. The van der Waals surface area contributed by atoms with Crippen molar-refractivity contribution in [3.8, 4) is 11.3 Å². The second-order valence-electron chi connectivity index (χ2n) is 9.98. The molecule has 186 valence electrons. The molecule has 4 aromatic rings. The van der Waals surface area contributed by atoms with Crippen molar-refractivity contribution in [2.45, 2.75) is 44.7 Å². The highest BCUT2D eigenvalue weighted by molar-refractivity contribution is 6.36. The summed E-state index contributed by atoms with van der Waals surface area (Å²) in [5.74, 6) is 0.0398. The van der Waals surface area contributed by atoms with E-state index in [0.29, 0.717) is 28.3 Å². The zero-order valence-electron chi connectivity index (χ0n) is 20.4. The average molecular weight is 506 g/mol. The molecule has 6 rings (SSSR count). The van der Waals surface area contributed by atoms with Crippen molar-refractivity contribution in [3.05, 3.63) is 63.9 Å². The summed E-state index contributed by atoms with van der Waals surface area (Å²) in [4.78, 5) is 26.9. The molecule has 6 nitrogen and oxygen atoms in total. The minimum atomic E-state index is -0.502. The Hall–Kier alpha value is -3.03. The summed E-state index contributed by atoms with van der Waals surface area (Å²) in [6, 6.07) is 11.5. The molecule has 0 saturated carbocycles. The fraction of sp³-hybridized carbons (Fsp3) is 0.393. The highest BCUT2D eigenvalue weighted by Crippen LogP contribution is 2.37. The number of hydrogen-bond donors (Lipinski definition) is 0. The predicted octanol–water partition coefficient (Wildman–Crippen LogP) is 5.49. The van der Waals surface area contributed by atoms with Gasteiger partial charge in [-0.25, -0.2) is 9.18 Å². The zero-order chi connectivity index (χ0) is 24.8. The van der Waals surface area contributed by atoms with Crippen LogP contribution in [-0.4, -0.2) is 52.2 Å². The van der Waals surface area contributed by atoms with Crippen molar-refractivity contribution >= 4 is 39.1 Å². The highest BCUT2D eigenvalue weighted by Gasteiger charge is 2.27. The Kier molecular flexibility index (Phi) is 6.13. The number of nitrogens with zero attached hydrogens (tertiary/aromatic N) is 5. The number of pyridine rings is 1. The molecule has 0 aliphatic carbocycles. The van der Waals surface area contributed by atoms with Gasteiger partial charge in [0, 0.05) is 47.8 Å². The third-order valence-corrected chi connectivity index (χ3v) is 8.08. The molecule has 2 aromatic carbocycles. The first kappa shape index (κ1) is 23.4. The van der Waals surface area contributed by atoms with Gasteiger partial charge in [-0.15, -0.1) is 0 Å². The van der Waals surface area contributed by atoms with Crippen LogP contribution in [-0.2, 0) is 6.54 Å². The largest absolute Gasteiger partial charge is 0.356 e. The molecule has 2 aliphatic heterocycles. The van der Waals surface area contributed by atoms with Crippen LogP contribution in [0.15, 0.2) is 47.4 Å². The van der Waals surface area contributed by atoms with Gasteiger partial charge in [-0.3, -0.25) is 9.55 Å². The Morgan fingerprint density at radius 3 is 2.58 bits per heavy atom. The molecule has 8 heteroatoms. The molecule has 36 heavy (non-hydrogen) atoms. The van der Waals surface area contributed by atoms with E-state index in [0.717, 1.165) is 62.5 Å². The number of halogens is 2. The van der Waals surface area contributed by atoms with Crippen LogP contribution in [0.3, 0.4) is 0 Å². The van der Waals surface area contributed by atoms with E-state index >= 15 is 4.39 Å². The van der Waals surface area contributed by atoms with Gasteiger partial charge in [-0.05, 0) is 57.1 Å². The van der Waals surface area contributed by atoms with E-state index in [1.54, 1.807) is 12.3 Å². The highest BCUT2D eigenvalue weighted by atomic mass is 35.5. The van der Waals surface area contributed by atoms with Gasteiger partial charge in [0.1, 0.15) is 11.5 Å². The first-order chi connectivity index (χ1) is 17.5. The van der Waals surface area contributed by atoms with E-state index in [-0.39, 0.29) is 17.3 Å². The maximum Gasteiger partial charge on any atom is 0.350 e. The summed E-state index contributed by atoms with van der Waals surface area (Å²) >= 11 is 6.57. The third-order valence-electron chi connectivity index (χ3n) is 7.77. The van der Waals surface area contributed by atoms with E-state index in [4.69, 9.17) is 11.6 Å². The SMILES string of the molecule is CN1CCC[C@H]1Cn1c(=O)nc(N2CCCCC2)c2cnc(-c3cccc4cccc(Cl)c34)c(F)c21. The number of fused-ring (bicyclic) bond motifs is 2. The summed E-state index contributed by atoms with van der Waals surface area (Å²) in [5.41, 5.74) is 0.691. The Morgan fingerprint density at radius 2 is 1.83 bits per heavy atom. The molecule has 0 bridgehead atoms. The minimum absolute atomic E-state index is 0.163. The Morgan fingerprint density at radius 1 is 1.06 bits per heavy atom. The number of likely N-dealkylation sites (tertiary alicyclic amines) is 1. The van der Waals surface area contributed by atoms with Crippen LogP contribution in [0.4, 0.5) is 10.2 Å². The standard InChI is InChI=1S/C28H29ClFN5O/c1-33-13-7-10-19(33)17-35-26-21(27(32-28(35)36)34-14-3-2-4-15-34)16-31-25(24(26)30)20-11-5-8-18-9-6-12-22(29)23(18)20/h5-6,8-9,11-12,16,19H,2-4,7,10,13-15,17H2,1H3/t19-/m0/s1. The van der Waals surface area contributed by atoms with Gasteiger partial charge < -0.3 is 9.80 Å². The molecule has 2 aliphatic rings. The predicted molar refractivity (Wildman–Crippen MR) is 143 cm³/mol. The maximum absolute atomic E-state index is 16.6. The molecule has 0 unspecified atom stereocenters. The molecule has 2 saturated heterocycles. The van der Waals surface area contributed by atoms with Gasteiger partial charge in [-0.1, -0.05) is 41.9 Å². The molecule has 0 spiro atoms. The van der Waals surface area contributed by atoms with E-state index in [9.17, 15) is 4.79 Å². The van der Waals surface area contributed by atoms with Crippen molar-refractivity contribution < 1.29 is 4.39 Å². The topological polar surface area (TPSA) is 54.3 Å². The first-order valence-corrected chi connectivity index (χ1v) is 13.1. The second-order valence-corrected chi connectivity index (χ2v) is 10.4. The zero-order valence-corrected chi connectivity index (χ0v) is 21.1. The summed E-state index contributed by atoms with van der Waals surface area (Å²) in [5, 5.41) is 2.79. The molecular formula is C28H29ClFN5O. The van der Waals surface area contributed by atoms with Crippen LogP contribution in [0.1, 0.15) is 32.1 Å². The van der Waals surface area contributed by atoms with Crippen molar-refractivity contribution in [3.63, 3.8) is 0 Å². The number of rotatable bonds is 4. The van der Waals surface area contributed by atoms with Crippen LogP contribution in [0.5, 0.6) is 0 Å².